The topological polar surface area (TPSA) is 39.1 Å². The molecule has 0 amide bonds. The minimum absolute atomic E-state index is 0.235. The normalized spacial score (nSPS) is 26.5. The van der Waals surface area contributed by atoms with Crippen LogP contribution in [0, 0.1) is 6.92 Å². The number of piperidine rings is 1. The van der Waals surface area contributed by atoms with Crippen molar-refractivity contribution in [1.82, 2.24) is 14.9 Å². The summed E-state index contributed by atoms with van der Waals surface area (Å²) < 4.78 is 8.21. The van der Waals surface area contributed by atoms with Crippen LogP contribution in [0.1, 0.15) is 49.3 Å². The Kier molecular flexibility index (Phi) is 3.16. The van der Waals surface area contributed by atoms with Crippen LogP contribution in [-0.4, -0.2) is 29.2 Å². The molecule has 0 aromatic carbocycles. The molecule has 2 fully saturated rings. The molecule has 0 aliphatic carbocycles. The van der Waals surface area contributed by atoms with Gasteiger partial charge in [0.05, 0.1) is 0 Å². The van der Waals surface area contributed by atoms with Gasteiger partial charge in [0.15, 0.2) is 0 Å². The summed E-state index contributed by atoms with van der Waals surface area (Å²) in [4.78, 5) is 4.59. The summed E-state index contributed by atoms with van der Waals surface area (Å²) in [5.41, 5.74) is 1.28. The molecule has 3 rings (SSSR count). The van der Waals surface area contributed by atoms with E-state index in [9.17, 15) is 0 Å². The highest BCUT2D eigenvalue weighted by atomic mass is 16.5. The minimum atomic E-state index is 0.235. The van der Waals surface area contributed by atoms with E-state index in [-0.39, 0.29) is 6.10 Å². The molecular weight excluding hydrogens is 214 g/mol. The van der Waals surface area contributed by atoms with Gasteiger partial charge < -0.3 is 14.6 Å². The molecule has 1 unspecified atom stereocenters. The second-order valence-electron chi connectivity index (χ2n) is 5.11. The van der Waals surface area contributed by atoms with Gasteiger partial charge in [-0.15, -0.1) is 0 Å². The molecule has 0 bridgehead atoms. The molecule has 4 nitrogen and oxygen atoms in total. The summed E-state index contributed by atoms with van der Waals surface area (Å²) >= 11 is 0. The maximum atomic E-state index is 5.78. The molecule has 94 valence electrons. The van der Waals surface area contributed by atoms with Crippen molar-refractivity contribution in [3.8, 4) is 0 Å². The van der Waals surface area contributed by atoms with E-state index in [4.69, 9.17) is 4.74 Å². The minimum Gasteiger partial charge on any atom is -0.370 e. The van der Waals surface area contributed by atoms with E-state index < -0.39 is 0 Å². The van der Waals surface area contributed by atoms with Crippen molar-refractivity contribution in [3.63, 3.8) is 0 Å². The monoisotopic (exact) mass is 235 g/mol. The lowest BCUT2D eigenvalue weighted by atomic mass is 10.1. The van der Waals surface area contributed by atoms with Crippen molar-refractivity contribution < 1.29 is 4.74 Å². The summed E-state index contributed by atoms with van der Waals surface area (Å²) in [6, 6.07) is 0.609. The van der Waals surface area contributed by atoms with Crippen molar-refractivity contribution in [1.29, 1.82) is 0 Å². The molecule has 2 aliphatic heterocycles. The Hall–Kier alpha value is -0.870. The Balaban J connectivity index is 1.88. The molecular formula is C13H21N3O. The van der Waals surface area contributed by atoms with Crippen LogP contribution in [0.4, 0.5) is 0 Å². The van der Waals surface area contributed by atoms with Crippen LogP contribution < -0.4 is 5.32 Å². The fraction of sp³-hybridized carbons (Fsp3) is 0.769. The van der Waals surface area contributed by atoms with Crippen LogP contribution in [0.3, 0.4) is 0 Å². The number of hydrogen-bond acceptors (Lipinski definition) is 3. The standard InChI is InChI=1S/C13H21N3O/c1-10-9-15-13(12-3-2-8-17-12)16(10)11-4-6-14-7-5-11/h9,11-12,14H,2-8H2,1H3. The van der Waals surface area contributed by atoms with Gasteiger partial charge in [-0.05, 0) is 45.7 Å². The molecule has 1 atom stereocenters. The SMILES string of the molecule is Cc1cnc(C2CCCO2)n1C1CCNCC1. The summed E-state index contributed by atoms with van der Waals surface area (Å²) in [7, 11) is 0. The van der Waals surface area contributed by atoms with Gasteiger partial charge in [0.1, 0.15) is 11.9 Å². The Morgan fingerprint density at radius 3 is 2.88 bits per heavy atom. The second kappa shape index (κ2) is 4.78. The number of imidazole rings is 1. The number of nitrogens with one attached hydrogen (secondary N) is 1. The molecule has 3 heterocycles. The average Bonchev–Trinajstić information content (AvgIpc) is 2.98. The van der Waals surface area contributed by atoms with Crippen molar-refractivity contribution >= 4 is 0 Å². The van der Waals surface area contributed by atoms with E-state index in [1.54, 1.807) is 0 Å². The zero-order chi connectivity index (χ0) is 11.7. The van der Waals surface area contributed by atoms with Gasteiger partial charge in [0, 0.05) is 24.5 Å². The van der Waals surface area contributed by atoms with Crippen molar-refractivity contribution in [2.45, 2.75) is 44.8 Å². The zero-order valence-electron chi connectivity index (χ0n) is 10.5. The van der Waals surface area contributed by atoms with Crippen molar-refractivity contribution in [2.24, 2.45) is 0 Å². The molecule has 1 N–H and O–H groups in total. The number of hydrogen-bond donors (Lipinski definition) is 1. The number of rotatable bonds is 2. The Bertz CT molecular complexity index is 376. The van der Waals surface area contributed by atoms with Gasteiger partial charge >= 0.3 is 0 Å². The van der Waals surface area contributed by atoms with Crippen molar-refractivity contribution in [3.05, 3.63) is 17.7 Å². The summed E-state index contributed by atoms with van der Waals surface area (Å²) in [6.07, 6.45) is 6.94. The lowest BCUT2D eigenvalue weighted by molar-refractivity contribution is 0.0991. The van der Waals surface area contributed by atoms with Gasteiger partial charge in [0.25, 0.3) is 0 Å². The Morgan fingerprint density at radius 1 is 1.35 bits per heavy atom. The zero-order valence-corrected chi connectivity index (χ0v) is 10.5. The molecule has 1 aromatic rings. The third-order valence-electron chi connectivity index (χ3n) is 3.90. The maximum absolute atomic E-state index is 5.78. The van der Waals surface area contributed by atoms with Gasteiger partial charge in [-0.25, -0.2) is 4.98 Å². The van der Waals surface area contributed by atoms with Crippen LogP contribution in [0.15, 0.2) is 6.20 Å². The summed E-state index contributed by atoms with van der Waals surface area (Å²) in [5.74, 6) is 1.16. The van der Waals surface area contributed by atoms with Crippen LogP contribution in [0.5, 0.6) is 0 Å². The quantitative estimate of drug-likeness (QED) is 0.851. The predicted molar refractivity (Wildman–Crippen MR) is 66.0 cm³/mol. The molecule has 0 radical (unpaired) electrons. The first-order valence-corrected chi connectivity index (χ1v) is 6.72. The number of aryl methyl sites for hydroxylation is 1. The van der Waals surface area contributed by atoms with E-state index >= 15 is 0 Å². The van der Waals surface area contributed by atoms with Crippen LogP contribution in [-0.2, 0) is 4.74 Å². The average molecular weight is 235 g/mol. The molecule has 2 aliphatic rings. The first-order valence-electron chi connectivity index (χ1n) is 6.72. The largest absolute Gasteiger partial charge is 0.370 e. The summed E-state index contributed by atoms with van der Waals surface area (Å²) in [6.45, 7) is 5.29. The van der Waals surface area contributed by atoms with E-state index in [2.05, 4.69) is 21.8 Å². The highest BCUT2D eigenvalue weighted by molar-refractivity contribution is 5.09. The molecule has 0 saturated carbocycles. The fourth-order valence-electron chi connectivity index (χ4n) is 3.02. The summed E-state index contributed by atoms with van der Waals surface area (Å²) in [5, 5.41) is 3.42. The lowest BCUT2D eigenvalue weighted by Gasteiger charge is -2.28. The van der Waals surface area contributed by atoms with E-state index in [0.29, 0.717) is 6.04 Å². The predicted octanol–water partition coefficient (Wildman–Crippen LogP) is 1.97. The fourth-order valence-corrected chi connectivity index (χ4v) is 3.02. The van der Waals surface area contributed by atoms with Crippen LogP contribution in [0.2, 0.25) is 0 Å². The third kappa shape index (κ3) is 2.11. The maximum Gasteiger partial charge on any atom is 0.138 e. The third-order valence-corrected chi connectivity index (χ3v) is 3.90. The lowest BCUT2D eigenvalue weighted by Crippen LogP contribution is -2.30. The highest BCUT2D eigenvalue weighted by Gasteiger charge is 2.27. The van der Waals surface area contributed by atoms with Gasteiger partial charge in [0.2, 0.25) is 0 Å². The number of ether oxygens (including phenoxy) is 1. The van der Waals surface area contributed by atoms with E-state index in [0.717, 1.165) is 31.9 Å². The molecule has 4 heteroatoms. The van der Waals surface area contributed by atoms with Crippen LogP contribution in [0.25, 0.3) is 0 Å². The van der Waals surface area contributed by atoms with Gasteiger partial charge in [-0.2, -0.15) is 0 Å². The molecule has 2 saturated heterocycles. The Labute approximate surface area is 102 Å². The highest BCUT2D eigenvalue weighted by Crippen LogP contribution is 2.32. The van der Waals surface area contributed by atoms with Gasteiger partial charge in [-0.3, -0.25) is 0 Å². The van der Waals surface area contributed by atoms with Crippen LogP contribution >= 0.6 is 0 Å². The molecule has 1 aromatic heterocycles. The molecule has 17 heavy (non-hydrogen) atoms. The first kappa shape index (κ1) is 11.2. The smallest absolute Gasteiger partial charge is 0.138 e. The van der Waals surface area contributed by atoms with Gasteiger partial charge in [-0.1, -0.05) is 0 Å². The Morgan fingerprint density at radius 2 is 2.18 bits per heavy atom. The number of aromatic nitrogens is 2. The van der Waals surface area contributed by atoms with E-state index in [1.807, 2.05) is 6.20 Å². The van der Waals surface area contributed by atoms with E-state index in [1.165, 1.54) is 25.0 Å². The number of nitrogens with zero attached hydrogens (tertiary/aromatic N) is 2. The second-order valence-corrected chi connectivity index (χ2v) is 5.11. The van der Waals surface area contributed by atoms with Crippen molar-refractivity contribution in [2.75, 3.05) is 19.7 Å². The molecule has 0 spiro atoms. The first-order chi connectivity index (χ1) is 8.36.